The summed E-state index contributed by atoms with van der Waals surface area (Å²) in [6, 6.07) is 4.19. The van der Waals surface area contributed by atoms with Gasteiger partial charge in [-0.25, -0.2) is 8.42 Å². The summed E-state index contributed by atoms with van der Waals surface area (Å²) in [4.78, 5) is 23.4. The number of nitrogens with zero attached hydrogens (tertiary/aromatic N) is 2. The highest BCUT2D eigenvalue weighted by atomic mass is 32.2. The van der Waals surface area contributed by atoms with Crippen LogP contribution < -0.4 is 9.62 Å². The van der Waals surface area contributed by atoms with Gasteiger partial charge >= 0.3 is 0 Å². The lowest BCUT2D eigenvalue weighted by molar-refractivity contribution is -0.384. The second kappa shape index (κ2) is 9.16. The molecule has 1 aromatic rings. The van der Waals surface area contributed by atoms with E-state index in [1.165, 1.54) is 24.3 Å². The van der Waals surface area contributed by atoms with E-state index in [0.29, 0.717) is 0 Å². The molecular weight excluding hydrogens is 370 g/mol. The summed E-state index contributed by atoms with van der Waals surface area (Å²) < 4.78 is 25.9. The monoisotopic (exact) mass is 399 g/mol. The van der Waals surface area contributed by atoms with Gasteiger partial charge in [0.05, 0.1) is 16.9 Å². The van der Waals surface area contributed by atoms with Gasteiger partial charge in [0.25, 0.3) is 5.69 Å². The van der Waals surface area contributed by atoms with Crippen LogP contribution in [-0.4, -0.2) is 37.6 Å². The number of nitro benzene ring substituents is 1. The van der Waals surface area contributed by atoms with E-state index in [4.69, 9.17) is 0 Å². The molecule has 9 heteroatoms. The Balaban J connectivity index is 3.34. The lowest BCUT2D eigenvalue weighted by Crippen LogP contribution is -2.53. The van der Waals surface area contributed by atoms with E-state index in [0.717, 1.165) is 10.6 Å². The van der Waals surface area contributed by atoms with Gasteiger partial charge in [0, 0.05) is 18.2 Å². The number of anilines is 1. The van der Waals surface area contributed by atoms with Crippen LogP contribution in [0.25, 0.3) is 0 Å². The molecule has 1 rings (SSSR count). The molecule has 0 saturated carbocycles. The van der Waals surface area contributed by atoms with Gasteiger partial charge in [-0.1, -0.05) is 40.7 Å². The first-order valence-corrected chi connectivity index (χ1v) is 10.8. The molecule has 0 heterocycles. The average Bonchev–Trinajstić information content (AvgIpc) is 2.55. The lowest BCUT2D eigenvalue weighted by Gasteiger charge is -2.33. The van der Waals surface area contributed by atoms with E-state index >= 15 is 0 Å². The van der Waals surface area contributed by atoms with Crippen LogP contribution in [-0.2, 0) is 14.8 Å². The first-order valence-electron chi connectivity index (χ1n) is 8.94. The van der Waals surface area contributed by atoms with E-state index in [2.05, 4.69) is 5.32 Å². The number of non-ortho nitro benzene ring substituents is 1. The molecule has 1 aromatic carbocycles. The van der Waals surface area contributed by atoms with Crippen molar-refractivity contribution in [2.45, 2.75) is 53.1 Å². The van der Waals surface area contributed by atoms with Crippen molar-refractivity contribution in [1.29, 1.82) is 0 Å². The number of nitro groups is 1. The summed E-state index contributed by atoms with van der Waals surface area (Å²) in [5.41, 5.74) is -0.141. The third-order valence-electron chi connectivity index (χ3n) is 4.37. The minimum atomic E-state index is -3.84. The van der Waals surface area contributed by atoms with E-state index in [1.54, 1.807) is 6.92 Å². The molecule has 1 amide bonds. The van der Waals surface area contributed by atoms with Gasteiger partial charge in [-0.2, -0.15) is 0 Å². The van der Waals surface area contributed by atoms with Crippen LogP contribution >= 0.6 is 0 Å². The van der Waals surface area contributed by atoms with E-state index in [1.807, 2.05) is 27.7 Å². The highest BCUT2D eigenvalue weighted by Crippen LogP contribution is 2.26. The Morgan fingerprint density at radius 3 is 2.19 bits per heavy atom. The minimum Gasteiger partial charge on any atom is -0.351 e. The van der Waals surface area contributed by atoms with Crippen LogP contribution in [0.3, 0.4) is 0 Å². The maximum atomic E-state index is 12.9. The standard InChI is InChI=1S/C18H29N3O5S/c1-7-16(18(22)19-17(12(2)3)13(4)5)20(27(6,25)26)14-9-8-10-15(11-14)21(23)24/h8-13,16-17H,7H2,1-6H3,(H,19,22)/t16-/m0/s1. The van der Waals surface area contributed by atoms with Crippen molar-refractivity contribution in [1.82, 2.24) is 5.32 Å². The van der Waals surface area contributed by atoms with Gasteiger partial charge in [-0.15, -0.1) is 0 Å². The molecule has 0 radical (unpaired) electrons. The third kappa shape index (κ3) is 5.92. The van der Waals surface area contributed by atoms with E-state index in [-0.39, 0.29) is 35.7 Å². The molecule has 0 saturated heterocycles. The Morgan fingerprint density at radius 1 is 1.22 bits per heavy atom. The van der Waals surface area contributed by atoms with Crippen LogP contribution in [0.4, 0.5) is 11.4 Å². The zero-order valence-electron chi connectivity index (χ0n) is 16.7. The van der Waals surface area contributed by atoms with Crippen molar-refractivity contribution < 1.29 is 18.1 Å². The van der Waals surface area contributed by atoms with Crippen LogP contribution in [0, 0.1) is 22.0 Å². The summed E-state index contributed by atoms with van der Waals surface area (Å²) in [5, 5.41) is 14.0. The number of sulfonamides is 1. The van der Waals surface area contributed by atoms with Gasteiger partial charge in [0.2, 0.25) is 15.9 Å². The maximum absolute atomic E-state index is 12.9. The first-order chi connectivity index (χ1) is 12.4. The third-order valence-corrected chi connectivity index (χ3v) is 5.55. The normalized spacial score (nSPS) is 13.1. The molecular formula is C18H29N3O5S. The van der Waals surface area contributed by atoms with Gasteiger partial charge in [0.1, 0.15) is 6.04 Å². The van der Waals surface area contributed by atoms with Gasteiger partial charge < -0.3 is 5.32 Å². The molecule has 0 aliphatic rings. The lowest BCUT2D eigenvalue weighted by atomic mass is 9.93. The van der Waals surface area contributed by atoms with Crippen molar-refractivity contribution in [2.24, 2.45) is 11.8 Å². The van der Waals surface area contributed by atoms with Crippen LogP contribution in [0.1, 0.15) is 41.0 Å². The Bertz CT molecular complexity index is 769. The number of hydrogen-bond donors (Lipinski definition) is 1. The second-order valence-corrected chi connectivity index (χ2v) is 9.14. The SMILES string of the molecule is CC[C@@H](C(=O)NC(C(C)C)C(C)C)N(c1cccc([N+](=O)[O-])c1)S(C)(=O)=O. The zero-order valence-corrected chi connectivity index (χ0v) is 17.5. The van der Waals surface area contributed by atoms with Gasteiger partial charge in [-0.05, 0) is 24.3 Å². The number of amides is 1. The predicted molar refractivity (Wildman–Crippen MR) is 106 cm³/mol. The molecule has 0 aliphatic heterocycles. The quantitative estimate of drug-likeness (QED) is 0.507. The molecule has 1 atom stereocenters. The summed E-state index contributed by atoms with van der Waals surface area (Å²) in [5.74, 6) is -0.0614. The predicted octanol–water partition coefficient (Wildman–Crippen LogP) is 2.94. The first kappa shape index (κ1) is 22.9. The smallest absolute Gasteiger partial charge is 0.271 e. The summed E-state index contributed by atoms with van der Waals surface area (Å²) >= 11 is 0. The van der Waals surface area contributed by atoms with E-state index < -0.39 is 26.9 Å². The molecule has 0 bridgehead atoms. The minimum absolute atomic E-state index is 0.0966. The fourth-order valence-corrected chi connectivity index (χ4v) is 4.37. The summed E-state index contributed by atoms with van der Waals surface area (Å²) in [6.07, 6.45) is 1.22. The molecule has 0 aromatic heterocycles. The molecule has 8 nitrogen and oxygen atoms in total. The molecule has 0 fully saturated rings. The average molecular weight is 400 g/mol. The highest BCUT2D eigenvalue weighted by molar-refractivity contribution is 7.92. The van der Waals surface area contributed by atoms with Gasteiger partial charge in [-0.3, -0.25) is 19.2 Å². The largest absolute Gasteiger partial charge is 0.351 e. The van der Waals surface area contributed by atoms with Crippen LogP contribution in [0.5, 0.6) is 0 Å². The summed E-state index contributed by atoms with van der Waals surface area (Å²) in [6.45, 7) is 9.66. The number of carbonyl (C=O) groups is 1. The molecule has 0 spiro atoms. The van der Waals surface area contributed by atoms with Crippen molar-refractivity contribution >= 4 is 27.3 Å². The molecule has 0 unspecified atom stereocenters. The Hall–Kier alpha value is -2.16. The number of nitrogens with one attached hydrogen (secondary N) is 1. The van der Waals surface area contributed by atoms with E-state index in [9.17, 15) is 23.3 Å². The Morgan fingerprint density at radius 2 is 1.78 bits per heavy atom. The molecule has 0 aliphatic carbocycles. The maximum Gasteiger partial charge on any atom is 0.271 e. The van der Waals surface area contributed by atoms with Crippen molar-refractivity contribution in [3.05, 3.63) is 34.4 Å². The number of carbonyl (C=O) groups excluding carboxylic acids is 1. The molecule has 1 N–H and O–H groups in total. The Labute approximate surface area is 161 Å². The topological polar surface area (TPSA) is 110 Å². The van der Waals surface area contributed by atoms with Crippen LogP contribution in [0.15, 0.2) is 24.3 Å². The molecule has 152 valence electrons. The Kier molecular flexibility index (Phi) is 7.77. The van der Waals surface area contributed by atoms with Gasteiger partial charge in [0.15, 0.2) is 0 Å². The number of benzene rings is 1. The van der Waals surface area contributed by atoms with Crippen LogP contribution in [0.2, 0.25) is 0 Å². The van der Waals surface area contributed by atoms with Crippen molar-refractivity contribution in [2.75, 3.05) is 10.6 Å². The highest BCUT2D eigenvalue weighted by Gasteiger charge is 2.34. The fraction of sp³-hybridized carbons (Fsp3) is 0.611. The summed E-state index contributed by atoms with van der Waals surface area (Å²) in [7, 11) is -3.84. The fourth-order valence-electron chi connectivity index (χ4n) is 3.17. The van der Waals surface area contributed by atoms with Crippen molar-refractivity contribution in [3.63, 3.8) is 0 Å². The number of hydrogen-bond acceptors (Lipinski definition) is 5. The number of rotatable bonds is 9. The second-order valence-electron chi connectivity index (χ2n) is 7.28. The molecule has 27 heavy (non-hydrogen) atoms. The zero-order chi connectivity index (χ0) is 20.9. The van der Waals surface area contributed by atoms with Crippen molar-refractivity contribution in [3.8, 4) is 0 Å².